The first-order chi connectivity index (χ1) is 16.1. The number of imidazole rings is 1. The number of carbonyl (C=O) groups is 1. The van der Waals surface area contributed by atoms with Crippen molar-refractivity contribution in [2.24, 2.45) is 0 Å². The van der Waals surface area contributed by atoms with Crippen LogP contribution < -0.4 is 5.73 Å². The highest BCUT2D eigenvalue weighted by Gasteiger charge is 2.25. The fourth-order valence-corrected chi connectivity index (χ4v) is 4.34. The van der Waals surface area contributed by atoms with E-state index in [1.807, 2.05) is 12.1 Å². The maximum atomic E-state index is 14.2. The lowest BCUT2D eigenvalue weighted by Crippen LogP contribution is -2.36. The zero-order chi connectivity index (χ0) is 22.5. The Morgan fingerprint density at radius 3 is 2.73 bits per heavy atom. The van der Waals surface area contributed by atoms with Gasteiger partial charge in [0.1, 0.15) is 29.0 Å². The summed E-state index contributed by atoms with van der Waals surface area (Å²) in [7, 11) is 0. The molecule has 0 unspecified atom stereocenters. The fraction of sp³-hybridized carbons (Fsp3) is 0.125. The minimum absolute atomic E-state index is 0.0792. The van der Waals surface area contributed by atoms with E-state index in [9.17, 15) is 9.18 Å². The highest BCUT2D eigenvalue weighted by molar-refractivity contribution is 5.97. The average Bonchev–Trinajstić information content (AvgIpc) is 3.31. The summed E-state index contributed by atoms with van der Waals surface area (Å²) >= 11 is 0. The molecule has 0 spiro atoms. The van der Waals surface area contributed by atoms with Crippen LogP contribution >= 0.6 is 0 Å². The van der Waals surface area contributed by atoms with Gasteiger partial charge in [0.15, 0.2) is 0 Å². The normalized spacial score (nSPS) is 13.4. The summed E-state index contributed by atoms with van der Waals surface area (Å²) in [4.78, 5) is 31.9. The van der Waals surface area contributed by atoms with Crippen LogP contribution in [0.2, 0.25) is 0 Å². The number of anilines is 1. The Morgan fingerprint density at radius 2 is 1.88 bits per heavy atom. The maximum Gasteiger partial charge on any atom is 0.274 e. The SMILES string of the molecule is Nc1nc2c(F)cccc2c2nc(C(=O)N3CCc4cc(-c5cncnc5)ccc4C3)cn12. The molecule has 33 heavy (non-hydrogen) atoms. The van der Waals surface area contributed by atoms with Gasteiger partial charge in [0.05, 0.1) is 0 Å². The maximum absolute atomic E-state index is 14.2. The molecule has 1 amide bonds. The predicted molar refractivity (Wildman–Crippen MR) is 121 cm³/mol. The molecule has 5 aromatic rings. The van der Waals surface area contributed by atoms with Gasteiger partial charge in [-0.25, -0.2) is 24.3 Å². The van der Waals surface area contributed by atoms with Gasteiger partial charge in [0, 0.05) is 42.6 Å². The highest BCUT2D eigenvalue weighted by Crippen LogP contribution is 2.27. The number of nitrogens with two attached hydrogens (primary N) is 1. The van der Waals surface area contributed by atoms with Gasteiger partial charge in [-0.1, -0.05) is 24.3 Å². The van der Waals surface area contributed by atoms with Crippen LogP contribution in [0.15, 0.2) is 61.3 Å². The fourth-order valence-electron chi connectivity index (χ4n) is 4.34. The van der Waals surface area contributed by atoms with Crippen LogP contribution in [-0.4, -0.2) is 41.7 Å². The summed E-state index contributed by atoms with van der Waals surface area (Å²) in [6.07, 6.45) is 7.37. The molecule has 162 valence electrons. The number of nitrogen functional groups attached to an aromatic ring is 1. The lowest BCUT2D eigenvalue weighted by molar-refractivity contribution is 0.0729. The van der Waals surface area contributed by atoms with Gasteiger partial charge in [-0.05, 0) is 35.2 Å². The van der Waals surface area contributed by atoms with Gasteiger partial charge >= 0.3 is 0 Å². The number of benzene rings is 2. The molecule has 0 saturated heterocycles. The van der Waals surface area contributed by atoms with Crippen molar-refractivity contribution in [3.8, 4) is 11.1 Å². The van der Waals surface area contributed by atoms with Crippen LogP contribution in [0.1, 0.15) is 21.6 Å². The number of carbonyl (C=O) groups excluding carboxylic acids is 1. The number of halogens is 1. The number of aromatic nitrogens is 5. The lowest BCUT2D eigenvalue weighted by atomic mass is 9.95. The second-order valence-electron chi connectivity index (χ2n) is 8.01. The van der Waals surface area contributed by atoms with Crippen molar-refractivity contribution in [1.82, 2.24) is 29.2 Å². The molecule has 0 atom stereocenters. The Labute approximate surface area is 187 Å². The first-order valence-corrected chi connectivity index (χ1v) is 10.5. The molecule has 8 nitrogen and oxygen atoms in total. The van der Waals surface area contributed by atoms with Gasteiger partial charge in [0.25, 0.3) is 5.91 Å². The summed E-state index contributed by atoms with van der Waals surface area (Å²) in [5.41, 5.74) is 11.1. The standard InChI is InChI=1S/C24H18FN7O/c25-19-3-1-2-18-21(19)30-24(26)32-12-20(29-22(18)32)23(33)31-7-6-15-8-14(4-5-16(15)11-31)17-9-27-13-28-10-17/h1-5,8-10,12-13H,6-7,11H2,(H2,26,30). The summed E-state index contributed by atoms with van der Waals surface area (Å²) in [6, 6.07) is 10.8. The number of nitrogens with zero attached hydrogens (tertiary/aromatic N) is 6. The Morgan fingerprint density at radius 1 is 1.03 bits per heavy atom. The molecule has 0 radical (unpaired) electrons. The van der Waals surface area contributed by atoms with Gasteiger partial charge in [-0.15, -0.1) is 0 Å². The van der Waals surface area contributed by atoms with Crippen LogP contribution in [-0.2, 0) is 13.0 Å². The van der Waals surface area contributed by atoms with Gasteiger partial charge in [-0.2, -0.15) is 0 Å². The summed E-state index contributed by atoms with van der Waals surface area (Å²) in [5.74, 6) is -0.601. The van der Waals surface area contributed by atoms with Crippen LogP contribution in [0, 0.1) is 5.82 Å². The smallest absolute Gasteiger partial charge is 0.274 e. The van der Waals surface area contributed by atoms with Crippen molar-refractivity contribution in [2.75, 3.05) is 12.3 Å². The van der Waals surface area contributed by atoms with Crippen molar-refractivity contribution >= 4 is 28.4 Å². The predicted octanol–water partition coefficient (Wildman–Crippen LogP) is 3.26. The number of para-hydroxylation sites is 1. The van der Waals surface area contributed by atoms with E-state index in [-0.39, 0.29) is 23.1 Å². The summed E-state index contributed by atoms with van der Waals surface area (Å²) in [5, 5.41) is 0.504. The van der Waals surface area contributed by atoms with Crippen molar-refractivity contribution in [2.45, 2.75) is 13.0 Å². The average molecular weight is 439 g/mol. The second kappa shape index (κ2) is 7.33. The van der Waals surface area contributed by atoms with E-state index in [1.165, 1.54) is 22.4 Å². The van der Waals surface area contributed by atoms with E-state index >= 15 is 0 Å². The second-order valence-corrected chi connectivity index (χ2v) is 8.01. The van der Waals surface area contributed by atoms with E-state index in [4.69, 9.17) is 5.73 Å². The zero-order valence-electron chi connectivity index (χ0n) is 17.4. The monoisotopic (exact) mass is 439 g/mol. The van der Waals surface area contributed by atoms with Crippen molar-refractivity contribution in [1.29, 1.82) is 0 Å². The molecule has 1 aliphatic heterocycles. The van der Waals surface area contributed by atoms with Crippen molar-refractivity contribution in [3.63, 3.8) is 0 Å². The van der Waals surface area contributed by atoms with E-state index in [2.05, 4.69) is 26.0 Å². The molecule has 2 aromatic carbocycles. The Balaban J connectivity index is 1.32. The largest absolute Gasteiger partial charge is 0.369 e. The molecular weight excluding hydrogens is 421 g/mol. The molecule has 9 heteroatoms. The molecule has 0 saturated carbocycles. The third-order valence-corrected chi connectivity index (χ3v) is 6.03. The number of fused-ring (bicyclic) bond motifs is 4. The minimum atomic E-state index is -0.480. The Bertz CT molecular complexity index is 1550. The van der Waals surface area contributed by atoms with E-state index < -0.39 is 5.82 Å². The van der Waals surface area contributed by atoms with Crippen molar-refractivity contribution in [3.05, 3.63) is 84.0 Å². The first kappa shape index (κ1) is 19.3. The third-order valence-electron chi connectivity index (χ3n) is 6.03. The summed E-state index contributed by atoms with van der Waals surface area (Å²) in [6.45, 7) is 1.05. The number of hydrogen-bond donors (Lipinski definition) is 1. The summed E-state index contributed by atoms with van der Waals surface area (Å²) < 4.78 is 15.7. The number of amides is 1. The van der Waals surface area contributed by atoms with E-state index in [1.54, 1.807) is 35.6 Å². The van der Waals surface area contributed by atoms with E-state index in [0.29, 0.717) is 24.1 Å². The zero-order valence-corrected chi connectivity index (χ0v) is 17.4. The minimum Gasteiger partial charge on any atom is -0.369 e. The quantitative estimate of drug-likeness (QED) is 0.453. The molecule has 6 rings (SSSR count). The molecule has 4 heterocycles. The van der Waals surface area contributed by atoms with Crippen LogP contribution in [0.4, 0.5) is 10.3 Å². The van der Waals surface area contributed by atoms with E-state index in [0.717, 1.165) is 23.1 Å². The number of rotatable bonds is 2. The van der Waals surface area contributed by atoms with Gasteiger partial charge in [-0.3, -0.25) is 9.20 Å². The van der Waals surface area contributed by atoms with Gasteiger partial charge in [0.2, 0.25) is 5.95 Å². The Hall–Kier alpha value is -4.40. The topological polar surface area (TPSA) is 102 Å². The highest BCUT2D eigenvalue weighted by atomic mass is 19.1. The molecule has 1 aliphatic rings. The molecule has 3 aromatic heterocycles. The third kappa shape index (κ3) is 3.16. The molecule has 0 aliphatic carbocycles. The number of hydrogen-bond acceptors (Lipinski definition) is 6. The van der Waals surface area contributed by atoms with Gasteiger partial charge < -0.3 is 10.6 Å². The van der Waals surface area contributed by atoms with Crippen LogP contribution in [0.3, 0.4) is 0 Å². The van der Waals surface area contributed by atoms with Crippen LogP contribution in [0.5, 0.6) is 0 Å². The molecule has 0 bridgehead atoms. The molecular formula is C24H18FN7O. The molecule has 2 N–H and O–H groups in total. The lowest BCUT2D eigenvalue weighted by Gasteiger charge is -2.28. The Kier molecular flexibility index (Phi) is 4.29. The first-order valence-electron chi connectivity index (χ1n) is 10.5. The van der Waals surface area contributed by atoms with Crippen LogP contribution in [0.25, 0.3) is 27.7 Å². The van der Waals surface area contributed by atoms with Crippen molar-refractivity contribution < 1.29 is 9.18 Å². The molecule has 0 fully saturated rings.